The van der Waals surface area contributed by atoms with Gasteiger partial charge in [0.15, 0.2) is 5.82 Å². The molecule has 0 aliphatic rings. The summed E-state index contributed by atoms with van der Waals surface area (Å²) in [6.07, 6.45) is 0.813. The molecule has 8 heteroatoms. The number of fused-ring (bicyclic) bond motifs is 1. The summed E-state index contributed by atoms with van der Waals surface area (Å²) < 4.78 is 0.991. The lowest BCUT2D eigenvalue weighted by molar-refractivity contribution is 0.154. The van der Waals surface area contributed by atoms with Gasteiger partial charge in [0.2, 0.25) is 0 Å². The van der Waals surface area contributed by atoms with Crippen molar-refractivity contribution in [2.45, 2.75) is 19.5 Å². The highest BCUT2D eigenvalue weighted by Crippen LogP contribution is 2.34. The van der Waals surface area contributed by atoms with Crippen molar-refractivity contribution < 1.29 is 9.90 Å². The first-order valence-corrected chi connectivity index (χ1v) is 11.4. The molecule has 0 saturated carbocycles. The third-order valence-electron chi connectivity index (χ3n) is 5.09. The van der Waals surface area contributed by atoms with E-state index in [1.807, 2.05) is 42.5 Å². The number of nitrogens with one attached hydrogen (secondary N) is 1. The minimum absolute atomic E-state index is 0.0338. The lowest BCUT2D eigenvalue weighted by Gasteiger charge is -2.16. The molecule has 0 radical (unpaired) electrons. The highest BCUT2D eigenvalue weighted by atomic mass is 79.9. The molecule has 0 bridgehead atoms. The molecule has 4 aromatic rings. The molecule has 2 aromatic heterocycles. The number of rotatable bonds is 6. The molecule has 2 N–H and O–H groups in total. The highest BCUT2D eigenvalue weighted by molar-refractivity contribution is 9.10. The Morgan fingerprint density at radius 1 is 1.26 bits per heavy atom. The van der Waals surface area contributed by atoms with Gasteiger partial charge in [0.1, 0.15) is 0 Å². The zero-order valence-corrected chi connectivity index (χ0v) is 19.4. The average Bonchev–Trinajstić information content (AvgIpc) is 3.25. The van der Waals surface area contributed by atoms with Crippen LogP contribution in [0.25, 0.3) is 21.9 Å². The van der Waals surface area contributed by atoms with Crippen molar-refractivity contribution in [3.05, 3.63) is 75.0 Å². The number of hydrogen-bond acceptors (Lipinski definition) is 5. The van der Waals surface area contributed by atoms with Crippen LogP contribution in [-0.4, -0.2) is 33.3 Å². The van der Waals surface area contributed by atoms with Crippen molar-refractivity contribution >= 4 is 50.0 Å². The molecular formula is C23H21BrN4O2S. The van der Waals surface area contributed by atoms with E-state index in [1.54, 1.807) is 24.6 Å². The van der Waals surface area contributed by atoms with Crippen LogP contribution in [0, 0.1) is 0 Å². The van der Waals surface area contributed by atoms with E-state index >= 15 is 0 Å². The van der Waals surface area contributed by atoms with Gasteiger partial charge in [0, 0.05) is 33.7 Å². The predicted octanol–water partition coefficient (Wildman–Crippen LogP) is 6.40. The first-order valence-electron chi connectivity index (χ1n) is 9.70. The minimum Gasteiger partial charge on any atom is -0.465 e. The first kappa shape index (κ1) is 21.3. The van der Waals surface area contributed by atoms with Gasteiger partial charge >= 0.3 is 6.09 Å². The third kappa shape index (κ3) is 4.70. The van der Waals surface area contributed by atoms with Crippen molar-refractivity contribution in [1.82, 2.24) is 15.1 Å². The van der Waals surface area contributed by atoms with Gasteiger partial charge in [-0.1, -0.05) is 46.3 Å². The Bertz CT molecular complexity index is 1240. The molecule has 0 fully saturated rings. The quantitative estimate of drug-likeness (QED) is 0.322. The molecule has 1 unspecified atom stereocenters. The van der Waals surface area contributed by atoms with E-state index in [1.165, 1.54) is 4.90 Å². The highest BCUT2D eigenvalue weighted by Gasteiger charge is 2.15. The lowest BCUT2D eigenvalue weighted by Crippen LogP contribution is -2.24. The summed E-state index contributed by atoms with van der Waals surface area (Å²) in [4.78, 5) is 13.7. The van der Waals surface area contributed by atoms with Crippen LogP contribution in [0.1, 0.15) is 23.4 Å². The van der Waals surface area contributed by atoms with Crippen LogP contribution in [0.4, 0.5) is 10.6 Å². The molecule has 0 aliphatic carbocycles. The molecule has 0 saturated heterocycles. The van der Waals surface area contributed by atoms with Gasteiger partial charge < -0.3 is 15.3 Å². The zero-order valence-electron chi connectivity index (χ0n) is 17.0. The van der Waals surface area contributed by atoms with Crippen LogP contribution in [0.15, 0.2) is 64.6 Å². The Morgan fingerprint density at radius 3 is 2.87 bits per heavy atom. The van der Waals surface area contributed by atoms with E-state index in [9.17, 15) is 9.90 Å². The topological polar surface area (TPSA) is 78.4 Å². The Labute approximate surface area is 192 Å². The van der Waals surface area contributed by atoms with E-state index in [-0.39, 0.29) is 6.04 Å². The number of halogens is 1. The number of hydrogen-bond donors (Lipinski definition) is 2. The first-order chi connectivity index (χ1) is 14.9. The van der Waals surface area contributed by atoms with E-state index in [4.69, 9.17) is 0 Å². The van der Waals surface area contributed by atoms with E-state index in [2.05, 4.69) is 49.8 Å². The van der Waals surface area contributed by atoms with E-state index in [0.29, 0.717) is 6.54 Å². The molecule has 1 atom stereocenters. The van der Waals surface area contributed by atoms with Crippen LogP contribution >= 0.6 is 27.3 Å². The van der Waals surface area contributed by atoms with E-state index in [0.717, 1.165) is 42.6 Å². The normalized spacial score (nSPS) is 12.0. The maximum Gasteiger partial charge on any atom is 0.407 e. The summed E-state index contributed by atoms with van der Waals surface area (Å²) in [5, 5.41) is 25.3. The second-order valence-corrected chi connectivity index (χ2v) is 9.18. The summed E-state index contributed by atoms with van der Waals surface area (Å²) in [7, 11) is 1.58. The predicted molar refractivity (Wildman–Crippen MR) is 129 cm³/mol. The molecule has 4 rings (SSSR count). The Balaban J connectivity index is 1.59. The SMILES string of the molecule is CC(Nc1nncc2ccc(Br)cc12)c1cc(-c2ccccc2CN(C)C(=O)O)cs1. The Morgan fingerprint density at radius 2 is 2.06 bits per heavy atom. The van der Waals surface area contributed by atoms with Crippen LogP contribution in [0.2, 0.25) is 0 Å². The maximum atomic E-state index is 11.2. The van der Waals surface area contributed by atoms with Crippen molar-refractivity contribution in [2.24, 2.45) is 0 Å². The number of aromatic nitrogens is 2. The Hall–Kier alpha value is -2.97. The molecule has 158 valence electrons. The van der Waals surface area contributed by atoms with Crippen LogP contribution in [0.3, 0.4) is 0 Å². The number of anilines is 1. The van der Waals surface area contributed by atoms with Gasteiger partial charge in [-0.3, -0.25) is 0 Å². The van der Waals surface area contributed by atoms with Crippen molar-refractivity contribution in [1.29, 1.82) is 0 Å². The van der Waals surface area contributed by atoms with Gasteiger partial charge in [-0.25, -0.2) is 4.79 Å². The molecule has 0 aliphatic heterocycles. The molecule has 6 nitrogen and oxygen atoms in total. The fourth-order valence-corrected chi connectivity index (χ4v) is 4.69. The third-order valence-corrected chi connectivity index (χ3v) is 6.70. The summed E-state index contributed by atoms with van der Waals surface area (Å²) in [5.41, 5.74) is 3.09. The fraction of sp³-hybridized carbons (Fsp3) is 0.174. The molecular weight excluding hydrogens is 476 g/mol. The number of carbonyl (C=O) groups is 1. The zero-order chi connectivity index (χ0) is 22.0. The van der Waals surface area contributed by atoms with Crippen molar-refractivity contribution in [2.75, 3.05) is 12.4 Å². The summed E-state index contributed by atoms with van der Waals surface area (Å²) >= 11 is 5.19. The minimum atomic E-state index is -0.943. The van der Waals surface area contributed by atoms with Crippen molar-refractivity contribution in [3.8, 4) is 11.1 Å². The number of thiophene rings is 1. The molecule has 0 spiro atoms. The van der Waals surface area contributed by atoms with Gasteiger partial charge in [0.05, 0.1) is 12.2 Å². The number of carboxylic acid groups (broad SMARTS) is 1. The monoisotopic (exact) mass is 496 g/mol. The van der Waals surface area contributed by atoms with Crippen LogP contribution in [0.5, 0.6) is 0 Å². The second kappa shape index (κ2) is 9.03. The van der Waals surface area contributed by atoms with Gasteiger partial charge in [-0.2, -0.15) is 5.10 Å². The molecule has 2 aromatic carbocycles. The summed E-state index contributed by atoms with van der Waals surface area (Å²) in [6.45, 7) is 2.43. The van der Waals surface area contributed by atoms with Gasteiger partial charge in [-0.05, 0) is 47.2 Å². The fourth-order valence-electron chi connectivity index (χ4n) is 3.42. The Kier molecular flexibility index (Phi) is 6.20. The second-order valence-electron chi connectivity index (χ2n) is 7.32. The molecule has 1 amide bonds. The maximum absolute atomic E-state index is 11.2. The summed E-state index contributed by atoms with van der Waals surface area (Å²) in [5.74, 6) is 0.740. The number of benzene rings is 2. The smallest absolute Gasteiger partial charge is 0.407 e. The number of nitrogens with zero attached hydrogens (tertiary/aromatic N) is 3. The lowest BCUT2D eigenvalue weighted by atomic mass is 10.0. The van der Waals surface area contributed by atoms with Gasteiger partial charge in [0.25, 0.3) is 0 Å². The number of amides is 1. The summed E-state index contributed by atoms with van der Waals surface area (Å²) in [6, 6.07) is 16.1. The molecule has 2 heterocycles. The van der Waals surface area contributed by atoms with Crippen LogP contribution in [-0.2, 0) is 6.54 Å². The standard InChI is InChI=1S/C23H21BrN4O2S/c1-14(26-22-20-10-18(24)8-7-15(20)11-25-27-22)21-9-17(13-31-21)19-6-4-3-5-16(19)12-28(2)23(29)30/h3-11,13-14H,12H2,1-2H3,(H,26,27)(H,29,30). The van der Waals surface area contributed by atoms with E-state index < -0.39 is 6.09 Å². The van der Waals surface area contributed by atoms with Crippen molar-refractivity contribution in [3.63, 3.8) is 0 Å². The largest absolute Gasteiger partial charge is 0.465 e. The van der Waals surface area contributed by atoms with Gasteiger partial charge in [-0.15, -0.1) is 16.4 Å². The van der Waals surface area contributed by atoms with Crippen LogP contribution < -0.4 is 5.32 Å². The molecule has 31 heavy (non-hydrogen) atoms. The average molecular weight is 497 g/mol.